The number of aromatic amines is 1. The summed E-state index contributed by atoms with van der Waals surface area (Å²) in [5, 5.41) is 0.428. The summed E-state index contributed by atoms with van der Waals surface area (Å²) >= 11 is 0. The molecule has 0 aliphatic carbocycles. The highest BCUT2D eigenvalue weighted by molar-refractivity contribution is 5.86. The van der Waals surface area contributed by atoms with Gasteiger partial charge >= 0.3 is 0 Å². The van der Waals surface area contributed by atoms with E-state index in [2.05, 4.69) is 4.98 Å². The van der Waals surface area contributed by atoms with Crippen LogP contribution in [0.5, 0.6) is 0 Å². The number of fused-ring (bicyclic) bond motifs is 1. The van der Waals surface area contributed by atoms with Gasteiger partial charge in [0, 0.05) is 22.2 Å². The third kappa shape index (κ3) is 1.66. The summed E-state index contributed by atoms with van der Waals surface area (Å²) in [5.74, 6) is -2.18. The maximum Gasteiger partial charge on any atom is 0.159 e. The van der Waals surface area contributed by atoms with E-state index in [1.807, 2.05) is 0 Å². The number of hydrogen-bond acceptors (Lipinski definition) is 0. The van der Waals surface area contributed by atoms with Gasteiger partial charge in [-0.25, -0.2) is 13.2 Å². The van der Waals surface area contributed by atoms with Crippen LogP contribution >= 0.6 is 0 Å². The SMILES string of the molecule is Fc1ccc(-c2cc3c(F)cccc3[nH]2)cc1F. The first-order chi connectivity index (χ1) is 8.65. The zero-order valence-corrected chi connectivity index (χ0v) is 9.18. The molecule has 0 aliphatic rings. The monoisotopic (exact) mass is 247 g/mol. The average molecular weight is 247 g/mol. The Bertz CT molecular complexity index is 731. The maximum atomic E-state index is 13.5. The smallest absolute Gasteiger partial charge is 0.159 e. The molecule has 0 fully saturated rings. The number of aromatic nitrogens is 1. The first-order valence-electron chi connectivity index (χ1n) is 5.38. The maximum absolute atomic E-state index is 13.5. The summed E-state index contributed by atoms with van der Waals surface area (Å²) in [5.41, 5.74) is 1.65. The highest BCUT2D eigenvalue weighted by atomic mass is 19.2. The molecule has 90 valence electrons. The minimum atomic E-state index is -0.924. The molecule has 0 bridgehead atoms. The van der Waals surface area contributed by atoms with Gasteiger partial charge < -0.3 is 4.98 Å². The minimum absolute atomic E-state index is 0.349. The molecular weight excluding hydrogens is 239 g/mol. The number of H-pyrrole nitrogens is 1. The quantitative estimate of drug-likeness (QED) is 0.661. The Morgan fingerprint density at radius 1 is 0.778 bits per heavy atom. The Balaban J connectivity index is 2.19. The van der Waals surface area contributed by atoms with Crippen LogP contribution in [0.2, 0.25) is 0 Å². The highest BCUT2D eigenvalue weighted by Gasteiger charge is 2.09. The number of benzene rings is 2. The van der Waals surface area contributed by atoms with Gasteiger partial charge in [0.1, 0.15) is 5.82 Å². The van der Waals surface area contributed by atoms with E-state index in [0.29, 0.717) is 22.2 Å². The molecule has 2 aromatic carbocycles. The van der Waals surface area contributed by atoms with Crippen molar-refractivity contribution in [3.8, 4) is 11.3 Å². The predicted octanol–water partition coefficient (Wildman–Crippen LogP) is 4.25. The molecule has 0 saturated heterocycles. The van der Waals surface area contributed by atoms with Gasteiger partial charge in [0.25, 0.3) is 0 Å². The van der Waals surface area contributed by atoms with Gasteiger partial charge in [-0.05, 0) is 36.4 Å². The van der Waals surface area contributed by atoms with Gasteiger partial charge in [-0.2, -0.15) is 0 Å². The molecule has 1 heterocycles. The first kappa shape index (κ1) is 10.9. The Morgan fingerprint density at radius 3 is 2.33 bits per heavy atom. The van der Waals surface area contributed by atoms with Gasteiger partial charge in [-0.15, -0.1) is 0 Å². The number of rotatable bonds is 1. The van der Waals surface area contributed by atoms with Crippen molar-refractivity contribution in [1.29, 1.82) is 0 Å². The standard InChI is InChI=1S/C14H8F3N/c15-10-2-1-3-13-9(10)7-14(18-13)8-4-5-11(16)12(17)6-8/h1-7,18H. The zero-order valence-electron chi connectivity index (χ0n) is 9.18. The van der Waals surface area contributed by atoms with Crippen molar-refractivity contribution >= 4 is 10.9 Å². The lowest BCUT2D eigenvalue weighted by Crippen LogP contribution is -1.85. The van der Waals surface area contributed by atoms with E-state index in [9.17, 15) is 13.2 Å². The molecule has 0 saturated carbocycles. The topological polar surface area (TPSA) is 15.8 Å². The van der Waals surface area contributed by atoms with Crippen LogP contribution in [-0.4, -0.2) is 4.98 Å². The zero-order chi connectivity index (χ0) is 12.7. The molecule has 3 aromatic rings. The Morgan fingerprint density at radius 2 is 1.61 bits per heavy atom. The van der Waals surface area contributed by atoms with Gasteiger partial charge in [-0.1, -0.05) is 6.07 Å². The van der Waals surface area contributed by atoms with Crippen LogP contribution in [0.25, 0.3) is 22.2 Å². The first-order valence-corrected chi connectivity index (χ1v) is 5.38. The van der Waals surface area contributed by atoms with E-state index in [-0.39, 0.29) is 5.82 Å². The lowest BCUT2D eigenvalue weighted by molar-refractivity contribution is 0.509. The van der Waals surface area contributed by atoms with E-state index in [0.717, 1.165) is 12.1 Å². The van der Waals surface area contributed by atoms with Crippen molar-refractivity contribution in [2.24, 2.45) is 0 Å². The van der Waals surface area contributed by atoms with Crippen LogP contribution < -0.4 is 0 Å². The second-order valence-electron chi connectivity index (χ2n) is 4.01. The molecule has 0 atom stereocenters. The normalized spacial score (nSPS) is 11.1. The molecule has 18 heavy (non-hydrogen) atoms. The van der Waals surface area contributed by atoms with Crippen molar-refractivity contribution in [2.75, 3.05) is 0 Å². The summed E-state index contributed by atoms with van der Waals surface area (Å²) in [6, 6.07) is 9.82. The fourth-order valence-corrected chi connectivity index (χ4v) is 1.94. The van der Waals surface area contributed by atoms with Crippen LogP contribution in [0, 0.1) is 17.5 Å². The second-order valence-corrected chi connectivity index (χ2v) is 4.01. The Labute approximate surface area is 101 Å². The lowest BCUT2D eigenvalue weighted by atomic mass is 10.1. The van der Waals surface area contributed by atoms with Crippen molar-refractivity contribution < 1.29 is 13.2 Å². The summed E-state index contributed by atoms with van der Waals surface area (Å²) < 4.78 is 39.5. The third-order valence-electron chi connectivity index (χ3n) is 2.84. The molecule has 0 spiro atoms. The molecule has 1 aromatic heterocycles. The Kier molecular flexibility index (Phi) is 2.37. The van der Waals surface area contributed by atoms with Crippen LogP contribution in [0.15, 0.2) is 42.5 Å². The number of halogens is 3. The van der Waals surface area contributed by atoms with Crippen LogP contribution in [0.4, 0.5) is 13.2 Å². The molecule has 3 rings (SSSR count). The molecule has 0 radical (unpaired) electrons. The van der Waals surface area contributed by atoms with E-state index >= 15 is 0 Å². The van der Waals surface area contributed by atoms with Gasteiger partial charge in [-0.3, -0.25) is 0 Å². The molecule has 1 nitrogen and oxygen atoms in total. The summed E-state index contributed by atoms with van der Waals surface area (Å²) in [7, 11) is 0. The summed E-state index contributed by atoms with van der Waals surface area (Å²) in [6.45, 7) is 0. The number of hydrogen-bond donors (Lipinski definition) is 1. The third-order valence-corrected chi connectivity index (χ3v) is 2.84. The van der Waals surface area contributed by atoms with Crippen molar-refractivity contribution in [3.05, 3.63) is 59.9 Å². The van der Waals surface area contributed by atoms with Crippen LogP contribution in [-0.2, 0) is 0 Å². The van der Waals surface area contributed by atoms with Crippen LogP contribution in [0.1, 0.15) is 0 Å². The van der Waals surface area contributed by atoms with Crippen molar-refractivity contribution in [2.45, 2.75) is 0 Å². The van der Waals surface area contributed by atoms with Gasteiger partial charge in [0.15, 0.2) is 11.6 Å². The largest absolute Gasteiger partial charge is 0.354 e. The minimum Gasteiger partial charge on any atom is -0.354 e. The lowest BCUT2D eigenvalue weighted by Gasteiger charge is -1.98. The van der Waals surface area contributed by atoms with Gasteiger partial charge in [0.05, 0.1) is 0 Å². The second kappa shape index (κ2) is 3.91. The average Bonchev–Trinajstić information content (AvgIpc) is 2.78. The fraction of sp³-hybridized carbons (Fsp3) is 0. The van der Waals surface area contributed by atoms with Crippen molar-refractivity contribution in [3.63, 3.8) is 0 Å². The molecule has 1 N–H and O–H groups in total. The predicted molar refractivity (Wildman–Crippen MR) is 63.6 cm³/mol. The molecule has 0 unspecified atom stereocenters. The number of nitrogens with one attached hydrogen (secondary N) is 1. The molecular formula is C14H8F3N. The van der Waals surface area contributed by atoms with E-state index < -0.39 is 11.6 Å². The molecule has 0 aliphatic heterocycles. The van der Waals surface area contributed by atoms with E-state index in [1.54, 1.807) is 18.2 Å². The van der Waals surface area contributed by atoms with Crippen molar-refractivity contribution in [1.82, 2.24) is 4.98 Å². The molecule has 0 amide bonds. The van der Waals surface area contributed by atoms with Gasteiger partial charge in [0.2, 0.25) is 0 Å². The summed E-state index contributed by atoms with van der Waals surface area (Å²) in [4.78, 5) is 2.97. The van der Waals surface area contributed by atoms with E-state index in [1.165, 1.54) is 12.1 Å². The van der Waals surface area contributed by atoms with Crippen LogP contribution in [0.3, 0.4) is 0 Å². The molecule has 4 heteroatoms. The summed E-state index contributed by atoms with van der Waals surface area (Å²) in [6.07, 6.45) is 0. The Hall–Kier alpha value is -2.23. The fourth-order valence-electron chi connectivity index (χ4n) is 1.94. The highest BCUT2D eigenvalue weighted by Crippen LogP contribution is 2.26. The van der Waals surface area contributed by atoms with E-state index in [4.69, 9.17) is 0 Å².